The van der Waals surface area contributed by atoms with Crippen molar-refractivity contribution in [2.24, 2.45) is 0 Å². The van der Waals surface area contributed by atoms with Crippen molar-refractivity contribution in [2.45, 2.75) is 0 Å². The number of piperazine rings is 1. The average Bonchev–Trinajstić information content (AvgIpc) is 2.74. The zero-order valence-electron chi connectivity index (χ0n) is 16.2. The van der Waals surface area contributed by atoms with Crippen molar-refractivity contribution in [3.05, 3.63) is 36.4 Å². The van der Waals surface area contributed by atoms with Crippen molar-refractivity contribution in [1.29, 1.82) is 0 Å². The van der Waals surface area contributed by atoms with Gasteiger partial charge in [0.05, 0.1) is 39.8 Å². The summed E-state index contributed by atoms with van der Waals surface area (Å²) in [6, 6.07) is 10.2. The number of hydrogen-bond donors (Lipinski definition) is 0. The molecule has 0 spiro atoms. The zero-order chi connectivity index (χ0) is 20.3. The van der Waals surface area contributed by atoms with Crippen LogP contribution in [-0.2, 0) is 9.59 Å². The molecule has 1 aliphatic rings. The molecule has 0 aromatic heterocycles. The molecule has 0 N–H and O–H groups in total. The fourth-order valence-electron chi connectivity index (χ4n) is 3.07. The van der Waals surface area contributed by atoms with Crippen LogP contribution in [0.3, 0.4) is 0 Å². The van der Waals surface area contributed by atoms with Crippen LogP contribution in [0.15, 0.2) is 36.4 Å². The van der Waals surface area contributed by atoms with Gasteiger partial charge in [0.15, 0.2) is 0 Å². The number of rotatable bonds is 6. The largest absolute Gasteiger partial charge is 0.497 e. The van der Waals surface area contributed by atoms with Crippen molar-refractivity contribution in [3.63, 3.8) is 0 Å². The molecule has 0 atom stereocenters. The summed E-state index contributed by atoms with van der Waals surface area (Å²) in [6.07, 6.45) is 0. The van der Waals surface area contributed by atoms with Gasteiger partial charge in [0.1, 0.15) is 36.1 Å². The van der Waals surface area contributed by atoms with Gasteiger partial charge in [-0.15, -0.1) is 0 Å². The average molecular weight is 386 g/mol. The van der Waals surface area contributed by atoms with Crippen molar-refractivity contribution >= 4 is 23.2 Å². The van der Waals surface area contributed by atoms with E-state index in [1.165, 1.54) is 38.2 Å². The predicted octanol–water partition coefficient (Wildman–Crippen LogP) is 2.10. The highest BCUT2D eigenvalue weighted by molar-refractivity contribution is 6.13. The number of amides is 2. The molecule has 28 heavy (non-hydrogen) atoms. The lowest BCUT2D eigenvalue weighted by atomic mass is 10.1. The van der Waals surface area contributed by atoms with Crippen LogP contribution in [0.4, 0.5) is 11.4 Å². The molecule has 148 valence electrons. The van der Waals surface area contributed by atoms with Gasteiger partial charge in [0, 0.05) is 12.1 Å². The van der Waals surface area contributed by atoms with E-state index >= 15 is 0 Å². The number of carbonyl (C=O) groups is 2. The molecule has 0 saturated carbocycles. The third-order valence-electron chi connectivity index (χ3n) is 4.54. The number of anilines is 2. The summed E-state index contributed by atoms with van der Waals surface area (Å²) in [7, 11) is 6.08. The number of methoxy groups -OCH3 is 4. The number of hydrogen-bond acceptors (Lipinski definition) is 6. The van der Waals surface area contributed by atoms with Crippen molar-refractivity contribution < 1.29 is 28.5 Å². The zero-order valence-corrected chi connectivity index (χ0v) is 16.2. The van der Waals surface area contributed by atoms with Gasteiger partial charge in [0.2, 0.25) is 11.8 Å². The van der Waals surface area contributed by atoms with Gasteiger partial charge in [-0.3, -0.25) is 19.4 Å². The highest BCUT2D eigenvalue weighted by Gasteiger charge is 2.34. The topological polar surface area (TPSA) is 77.5 Å². The third kappa shape index (κ3) is 3.53. The molecular weight excluding hydrogens is 364 g/mol. The highest BCUT2D eigenvalue weighted by atomic mass is 16.5. The van der Waals surface area contributed by atoms with Gasteiger partial charge >= 0.3 is 0 Å². The summed E-state index contributed by atoms with van der Waals surface area (Å²) in [5.74, 6) is 1.58. The number of benzene rings is 2. The predicted molar refractivity (Wildman–Crippen MR) is 104 cm³/mol. The van der Waals surface area contributed by atoms with Crippen LogP contribution in [0.5, 0.6) is 23.0 Å². The minimum absolute atomic E-state index is 0.136. The maximum atomic E-state index is 12.9. The van der Waals surface area contributed by atoms with E-state index in [4.69, 9.17) is 18.9 Å². The first-order valence-electron chi connectivity index (χ1n) is 8.57. The summed E-state index contributed by atoms with van der Waals surface area (Å²) in [6.45, 7) is -0.272. The minimum Gasteiger partial charge on any atom is -0.497 e. The smallest absolute Gasteiger partial charge is 0.247 e. The van der Waals surface area contributed by atoms with Crippen LogP contribution in [0.25, 0.3) is 0 Å². The Morgan fingerprint density at radius 3 is 1.36 bits per heavy atom. The molecule has 0 aliphatic carbocycles. The Morgan fingerprint density at radius 2 is 1.04 bits per heavy atom. The van der Waals surface area contributed by atoms with Crippen molar-refractivity contribution in [1.82, 2.24) is 0 Å². The van der Waals surface area contributed by atoms with E-state index in [-0.39, 0.29) is 24.9 Å². The number of ether oxygens (including phenoxy) is 4. The van der Waals surface area contributed by atoms with Crippen LogP contribution in [0.2, 0.25) is 0 Å². The molecular formula is C20H22N2O6. The minimum atomic E-state index is -0.254. The molecule has 1 saturated heterocycles. The highest BCUT2D eigenvalue weighted by Crippen LogP contribution is 2.36. The second-order valence-electron chi connectivity index (χ2n) is 6.04. The summed E-state index contributed by atoms with van der Waals surface area (Å²) < 4.78 is 21.2. The van der Waals surface area contributed by atoms with Gasteiger partial charge < -0.3 is 18.9 Å². The molecule has 0 radical (unpaired) electrons. The van der Waals surface area contributed by atoms with E-state index in [1.807, 2.05) is 0 Å². The number of nitrogens with zero attached hydrogens (tertiary/aromatic N) is 2. The molecule has 8 nitrogen and oxygen atoms in total. The Morgan fingerprint density at radius 1 is 0.643 bits per heavy atom. The van der Waals surface area contributed by atoms with E-state index < -0.39 is 0 Å². The van der Waals surface area contributed by atoms with Gasteiger partial charge in [-0.2, -0.15) is 0 Å². The van der Waals surface area contributed by atoms with Crippen LogP contribution in [0.1, 0.15) is 0 Å². The van der Waals surface area contributed by atoms with Gasteiger partial charge in [-0.25, -0.2) is 0 Å². The third-order valence-corrected chi connectivity index (χ3v) is 4.54. The molecule has 0 bridgehead atoms. The lowest BCUT2D eigenvalue weighted by Crippen LogP contribution is -2.54. The van der Waals surface area contributed by atoms with E-state index in [0.717, 1.165) is 0 Å². The van der Waals surface area contributed by atoms with Crippen molar-refractivity contribution in [2.75, 3.05) is 51.3 Å². The van der Waals surface area contributed by atoms with E-state index in [2.05, 4.69) is 0 Å². The normalized spacial score (nSPS) is 14.1. The Bertz CT molecular complexity index is 825. The molecule has 2 amide bonds. The molecule has 1 aliphatic heterocycles. The van der Waals surface area contributed by atoms with Crippen LogP contribution in [0, 0.1) is 0 Å². The molecule has 3 rings (SSSR count). The van der Waals surface area contributed by atoms with Gasteiger partial charge in [0.25, 0.3) is 0 Å². The lowest BCUT2D eigenvalue weighted by molar-refractivity contribution is -0.125. The van der Waals surface area contributed by atoms with Gasteiger partial charge in [-0.1, -0.05) is 0 Å². The van der Waals surface area contributed by atoms with Crippen LogP contribution >= 0.6 is 0 Å². The molecule has 2 aromatic carbocycles. The molecule has 2 aromatic rings. The maximum absolute atomic E-state index is 12.9. The van der Waals surface area contributed by atoms with E-state index in [1.54, 1.807) is 36.4 Å². The lowest BCUT2D eigenvalue weighted by Gasteiger charge is -2.35. The Hall–Kier alpha value is -3.42. The fourth-order valence-corrected chi connectivity index (χ4v) is 3.07. The first-order valence-corrected chi connectivity index (χ1v) is 8.57. The van der Waals surface area contributed by atoms with E-state index in [9.17, 15) is 9.59 Å². The van der Waals surface area contributed by atoms with Crippen molar-refractivity contribution in [3.8, 4) is 23.0 Å². The Labute approximate surface area is 163 Å². The summed E-state index contributed by atoms with van der Waals surface area (Å²) in [4.78, 5) is 28.6. The van der Waals surface area contributed by atoms with E-state index in [0.29, 0.717) is 34.4 Å². The fraction of sp³-hybridized carbons (Fsp3) is 0.300. The second kappa shape index (κ2) is 8.08. The molecule has 8 heteroatoms. The number of carbonyl (C=O) groups excluding carboxylic acids is 2. The Balaban J connectivity index is 1.94. The van der Waals surface area contributed by atoms with Gasteiger partial charge in [-0.05, 0) is 24.3 Å². The first-order chi connectivity index (χ1) is 13.5. The molecule has 0 unspecified atom stereocenters. The molecule has 1 fully saturated rings. The molecule has 1 heterocycles. The SMILES string of the molecule is COc1ccc(OC)c(N2CC(=O)N(c3cc(OC)ccc3OC)CC2=O)c1. The first kappa shape index (κ1) is 19.3. The van der Waals surface area contributed by atoms with Crippen LogP contribution in [-0.4, -0.2) is 53.3 Å². The second-order valence-corrected chi connectivity index (χ2v) is 6.04. The monoisotopic (exact) mass is 386 g/mol. The summed E-state index contributed by atoms with van der Waals surface area (Å²) in [5, 5.41) is 0. The standard InChI is InChI=1S/C20H22N2O6/c1-25-13-5-7-17(27-3)15(9-13)21-11-20(24)22(12-19(21)23)16-10-14(26-2)6-8-18(16)28-4/h5-10H,11-12H2,1-4H3. The van der Waals surface area contributed by atoms with Crippen LogP contribution < -0.4 is 28.7 Å². The summed E-state index contributed by atoms with van der Waals surface area (Å²) in [5.41, 5.74) is 0.968. The Kier molecular flexibility index (Phi) is 5.58. The summed E-state index contributed by atoms with van der Waals surface area (Å²) >= 11 is 0. The quantitative estimate of drug-likeness (QED) is 0.757. The maximum Gasteiger partial charge on any atom is 0.247 e.